The molecule has 2 fully saturated rings. The molecule has 1 aliphatic carbocycles. The van der Waals surface area contributed by atoms with Gasteiger partial charge in [0.25, 0.3) is 5.91 Å². The number of amides is 1. The molecule has 3 aromatic rings. The Morgan fingerprint density at radius 3 is 2.76 bits per heavy atom. The molecule has 3 N–H and O–H groups in total. The number of aromatic nitrogens is 4. The van der Waals surface area contributed by atoms with Crippen molar-refractivity contribution in [1.82, 2.24) is 25.1 Å². The molecule has 1 amide bonds. The third-order valence-corrected chi connectivity index (χ3v) is 6.30. The lowest BCUT2D eigenvalue weighted by Crippen LogP contribution is -2.32. The van der Waals surface area contributed by atoms with Crippen molar-refractivity contribution in [2.75, 3.05) is 11.9 Å². The molecule has 176 valence electrons. The molecule has 0 spiro atoms. The lowest BCUT2D eigenvalue weighted by Gasteiger charge is -2.24. The van der Waals surface area contributed by atoms with Crippen LogP contribution >= 0.6 is 0 Å². The van der Waals surface area contributed by atoms with Crippen LogP contribution in [0.4, 0.5) is 19.0 Å². The van der Waals surface area contributed by atoms with Crippen molar-refractivity contribution in [2.24, 2.45) is 0 Å². The molecule has 5 atom stereocenters. The summed E-state index contributed by atoms with van der Waals surface area (Å²) in [4.78, 5) is 23.0. The SMILES string of the molecule is N#Cc1cc(F)cc([C@H]2C[C@H](F)CN2C(=O)c2[nH]nc3ncnc(N[C@@H]4C[C@@H](F)C[C@H]4O)c23)c1. The highest BCUT2D eigenvalue weighted by Gasteiger charge is 2.39. The molecule has 1 aromatic carbocycles. The number of anilines is 1. The Balaban J connectivity index is 1.50. The van der Waals surface area contributed by atoms with Gasteiger partial charge in [-0.05, 0) is 23.8 Å². The van der Waals surface area contributed by atoms with E-state index in [0.717, 1.165) is 6.07 Å². The van der Waals surface area contributed by atoms with Crippen LogP contribution in [0.1, 0.15) is 46.9 Å². The number of aromatic amines is 1. The van der Waals surface area contributed by atoms with E-state index in [9.17, 15) is 23.1 Å². The zero-order valence-electron chi connectivity index (χ0n) is 17.8. The summed E-state index contributed by atoms with van der Waals surface area (Å²) in [6, 6.07) is 4.13. The second-order valence-electron chi connectivity index (χ2n) is 8.60. The Bertz CT molecular complexity index is 1290. The Kier molecular flexibility index (Phi) is 5.57. The largest absolute Gasteiger partial charge is 0.391 e. The molecule has 0 radical (unpaired) electrons. The number of likely N-dealkylation sites (tertiary alicyclic amines) is 1. The second kappa shape index (κ2) is 8.57. The number of H-pyrrole nitrogens is 1. The Morgan fingerprint density at radius 1 is 1.21 bits per heavy atom. The van der Waals surface area contributed by atoms with E-state index < -0.39 is 42.3 Å². The van der Waals surface area contributed by atoms with E-state index >= 15 is 0 Å². The standard InChI is InChI=1S/C22H20F3N7O2/c23-12-2-10(7-26)1-11(3-12)16-5-14(25)8-32(16)22(34)19-18-20(27-9-28-21(18)31-30-19)29-15-4-13(24)6-17(15)33/h1-3,9,13-17,33H,4-6,8H2,(H2,27,28,29,30,31)/t13-,14+,15-,16-,17-/m1/s1. The molecule has 3 heterocycles. The number of fused-ring (bicyclic) bond motifs is 1. The van der Waals surface area contributed by atoms with Gasteiger partial charge in [0.2, 0.25) is 0 Å². The maximum Gasteiger partial charge on any atom is 0.273 e. The first kappa shape index (κ1) is 22.1. The normalized spacial score (nSPS) is 26.7. The number of benzene rings is 1. The van der Waals surface area contributed by atoms with Gasteiger partial charge in [-0.25, -0.2) is 23.1 Å². The summed E-state index contributed by atoms with van der Waals surface area (Å²) >= 11 is 0. The van der Waals surface area contributed by atoms with Crippen LogP contribution < -0.4 is 5.32 Å². The molecule has 12 heteroatoms. The van der Waals surface area contributed by atoms with E-state index in [1.54, 1.807) is 0 Å². The molecular weight excluding hydrogens is 451 g/mol. The first-order valence-electron chi connectivity index (χ1n) is 10.8. The van der Waals surface area contributed by atoms with Gasteiger partial charge in [0.05, 0.1) is 41.8 Å². The third-order valence-electron chi connectivity index (χ3n) is 6.30. The summed E-state index contributed by atoms with van der Waals surface area (Å²) in [6.07, 6.45) is -2.20. The summed E-state index contributed by atoms with van der Waals surface area (Å²) in [5, 5.41) is 29.1. The maximum atomic E-state index is 14.5. The first-order valence-corrected chi connectivity index (χ1v) is 10.8. The highest BCUT2D eigenvalue weighted by molar-refractivity contribution is 6.07. The Hall–Kier alpha value is -3.72. The first-order chi connectivity index (χ1) is 16.3. The van der Waals surface area contributed by atoms with E-state index in [1.165, 1.54) is 23.4 Å². The lowest BCUT2D eigenvalue weighted by atomic mass is 10.0. The summed E-state index contributed by atoms with van der Waals surface area (Å²) in [5.41, 5.74) is 0.526. The van der Waals surface area contributed by atoms with Gasteiger partial charge in [-0.15, -0.1) is 0 Å². The molecule has 34 heavy (non-hydrogen) atoms. The van der Waals surface area contributed by atoms with Crippen LogP contribution in [0.2, 0.25) is 0 Å². The van der Waals surface area contributed by atoms with Crippen molar-refractivity contribution < 1.29 is 23.1 Å². The van der Waals surface area contributed by atoms with Gasteiger partial charge in [-0.2, -0.15) is 10.4 Å². The predicted molar refractivity (Wildman–Crippen MR) is 114 cm³/mol. The third kappa shape index (κ3) is 3.92. The van der Waals surface area contributed by atoms with Gasteiger partial charge in [0.15, 0.2) is 5.65 Å². The fourth-order valence-electron chi connectivity index (χ4n) is 4.74. The van der Waals surface area contributed by atoms with Gasteiger partial charge in [0, 0.05) is 19.3 Å². The molecule has 0 unspecified atom stereocenters. The van der Waals surface area contributed by atoms with Crippen LogP contribution in [0.25, 0.3) is 11.0 Å². The van der Waals surface area contributed by atoms with Crippen LogP contribution in [0, 0.1) is 17.1 Å². The van der Waals surface area contributed by atoms with Crippen molar-refractivity contribution in [1.29, 1.82) is 5.26 Å². The zero-order valence-corrected chi connectivity index (χ0v) is 17.8. The Morgan fingerprint density at radius 2 is 2.03 bits per heavy atom. The molecule has 5 rings (SSSR count). The van der Waals surface area contributed by atoms with Crippen molar-refractivity contribution in [3.05, 3.63) is 47.2 Å². The smallest absolute Gasteiger partial charge is 0.273 e. The van der Waals surface area contributed by atoms with Gasteiger partial charge in [-0.3, -0.25) is 9.89 Å². The number of hydrogen-bond acceptors (Lipinski definition) is 7. The number of carbonyl (C=O) groups excluding carboxylic acids is 1. The number of halogens is 3. The van der Waals surface area contributed by atoms with E-state index in [0.29, 0.717) is 5.56 Å². The van der Waals surface area contributed by atoms with Crippen LogP contribution in [0.5, 0.6) is 0 Å². The number of carbonyl (C=O) groups is 1. The highest BCUT2D eigenvalue weighted by Crippen LogP contribution is 2.37. The minimum atomic E-state index is -1.35. The summed E-state index contributed by atoms with van der Waals surface area (Å²) in [5.74, 6) is -1.08. The average Bonchev–Trinajstić information content (AvgIpc) is 3.50. The monoisotopic (exact) mass is 471 g/mol. The molecule has 9 nitrogen and oxygen atoms in total. The Labute approximate surface area is 191 Å². The van der Waals surface area contributed by atoms with E-state index in [4.69, 9.17) is 5.26 Å². The number of rotatable bonds is 4. The van der Waals surface area contributed by atoms with Crippen LogP contribution in [0.3, 0.4) is 0 Å². The van der Waals surface area contributed by atoms with Crippen LogP contribution in [-0.4, -0.2) is 67.1 Å². The van der Waals surface area contributed by atoms with Gasteiger partial charge >= 0.3 is 0 Å². The molecule has 1 saturated carbocycles. The molecular formula is C22H20F3N7O2. The fourth-order valence-corrected chi connectivity index (χ4v) is 4.74. The van der Waals surface area contributed by atoms with Crippen LogP contribution in [-0.2, 0) is 0 Å². The van der Waals surface area contributed by atoms with Crippen molar-refractivity contribution in [3.63, 3.8) is 0 Å². The lowest BCUT2D eigenvalue weighted by molar-refractivity contribution is 0.0724. The summed E-state index contributed by atoms with van der Waals surface area (Å²) < 4.78 is 42.2. The predicted octanol–water partition coefficient (Wildman–Crippen LogP) is 2.56. The molecule has 1 saturated heterocycles. The van der Waals surface area contributed by atoms with E-state index in [2.05, 4.69) is 25.5 Å². The number of nitriles is 1. The fraction of sp³-hybridized carbons (Fsp3) is 0.409. The minimum Gasteiger partial charge on any atom is -0.391 e. The van der Waals surface area contributed by atoms with Gasteiger partial charge in [0.1, 0.15) is 36.0 Å². The number of alkyl halides is 2. The quantitative estimate of drug-likeness (QED) is 0.533. The number of hydrogen-bond donors (Lipinski definition) is 3. The summed E-state index contributed by atoms with van der Waals surface area (Å²) in [6.45, 7) is -0.232. The highest BCUT2D eigenvalue weighted by atomic mass is 19.1. The van der Waals surface area contributed by atoms with E-state index in [1.807, 2.05) is 6.07 Å². The topological polar surface area (TPSA) is 131 Å². The number of aliphatic hydroxyl groups is 1. The van der Waals surface area contributed by atoms with Gasteiger partial charge < -0.3 is 15.3 Å². The van der Waals surface area contributed by atoms with Crippen molar-refractivity contribution >= 4 is 22.8 Å². The van der Waals surface area contributed by atoms with E-state index in [-0.39, 0.29) is 53.9 Å². The number of aliphatic hydroxyl groups excluding tert-OH is 1. The van der Waals surface area contributed by atoms with Crippen molar-refractivity contribution in [2.45, 2.75) is 49.8 Å². The van der Waals surface area contributed by atoms with Crippen molar-refractivity contribution in [3.8, 4) is 6.07 Å². The maximum absolute atomic E-state index is 14.5. The number of nitrogens with one attached hydrogen (secondary N) is 2. The molecule has 0 bridgehead atoms. The average molecular weight is 471 g/mol. The van der Waals surface area contributed by atoms with Crippen LogP contribution in [0.15, 0.2) is 24.5 Å². The minimum absolute atomic E-state index is 0.00522. The summed E-state index contributed by atoms with van der Waals surface area (Å²) in [7, 11) is 0. The zero-order chi connectivity index (χ0) is 24.0. The number of nitrogens with zero attached hydrogens (tertiary/aromatic N) is 5. The molecule has 2 aliphatic rings. The van der Waals surface area contributed by atoms with Gasteiger partial charge in [-0.1, -0.05) is 0 Å². The second-order valence-corrected chi connectivity index (χ2v) is 8.60. The molecule has 1 aliphatic heterocycles. The molecule has 2 aromatic heterocycles.